The number of rotatable bonds is 4. The fraction of sp³-hybridized carbons (Fsp3) is 0.200. The van der Waals surface area contributed by atoms with Gasteiger partial charge in [0, 0.05) is 10.6 Å². The van der Waals surface area contributed by atoms with E-state index in [9.17, 15) is 5.11 Å². The molecule has 0 aromatic heterocycles. The average molecular weight is 313 g/mol. The van der Waals surface area contributed by atoms with Crippen LogP contribution in [0.25, 0.3) is 0 Å². The van der Waals surface area contributed by atoms with Crippen LogP contribution in [0.15, 0.2) is 47.4 Å². The highest BCUT2D eigenvalue weighted by Crippen LogP contribution is 2.28. The van der Waals surface area contributed by atoms with Crippen molar-refractivity contribution in [3.05, 3.63) is 63.6 Å². The van der Waals surface area contributed by atoms with Gasteiger partial charge >= 0.3 is 0 Å². The van der Waals surface area contributed by atoms with Crippen LogP contribution in [0.1, 0.15) is 24.2 Å². The van der Waals surface area contributed by atoms with Gasteiger partial charge in [0.1, 0.15) is 0 Å². The third kappa shape index (κ3) is 4.15. The predicted octanol–water partition coefficient (Wildman–Crippen LogP) is 5.34. The summed E-state index contributed by atoms with van der Waals surface area (Å²) in [6, 6.07) is 13.6. The second-order valence-corrected chi connectivity index (χ2v) is 6.15. The molecule has 0 fully saturated rings. The fourth-order valence-corrected chi connectivity index (χ4v) is 2.89. The molecule has 0 aliphatic carbocycles. The molecule has 0 spiro atoms. The molecule has 0 amide bonds. The van der Waals surface area contributed by atoms with Crippen LogP contribution in [-0.2, 0) is 5.75 Å². The van der Waals surface area contributed by atoms with E-state index in [0.717, 1.165) is 21.8 Å². The maximum atomic E-state index is 9.56. The quantitative estimate of drug-likeness (QED) is 0.769. The van der Waals surface area contributed by atoms with Crippen LogP contribution < -0.4 is 0 Å². The van der Waals surface area contributed by atoms with Gasteiger partial charge in [0.05, 0.1) is 16.1 Å². The second-order valence-electron chi connectivity index (χ2n) is 4.29. The summed E-state index contributed by atoms with van der Waals surface area (Å²) in [7, 11) is 0. The highest BCUT2D eigenvalue weighted by molar-refractivity contribution is 7.98. The first kappa shape index (κ1) is 14.7. The van der Waals surface area contributed by atoms with E-state index in [1.165, 1.54) is 0 Å². The summed E-state index contributed by atoms with van der Waals surface area (Å²) in [5.41, 5.74) is 2.06. The van der Waals surface area contributed by atoms with E-state index in [2.05, 4.69) is 0 Å². The molecule has 1 N–H and O–H groups in total. The zero-order chi connectivity index (χ0) is 13.8. The summed E-state index contributed by atoms with van der Waals surface area (Å²) in [5, 5.41) is 10.7. The number of halogens is 2. The van der Waals surface area contributed by atoms with Crippen LogP contribution in [-0.4, -0.2) is 5.11 Å². The van der Waals surface area contributed by atoms with Crippen LogP contribution in [0.4, 0.5) is 0 Å². The molecule has 1 unspecified atom stereocenters. The molecule has 0 bridgehead atoms. The number of thioether (sulfide) groups is 1. The summed E-state index contributed by atoms with van der Waals surface area (Å²) in [5.74, 6) is 0.820. The highest BCUT2D eigenvalue weighted by Gasteiger charge is 2.04. The number of aliphatic hydroxyl groups excluding tert-OH is 1. The van der Waals surface area contributed by atoms with E-state index in [-0.39, 0.29) is 0 Å². The molecule has 1 atom stereocenters. The first-order valence-electron chi connectivity index (χ1n) is 5.91. The van der Waals surface area contributed by atoms with Crippen LogP contribution >= 0.6 is 35.0 Å². The lowest BCUT2D eigenvalue weighted by atomic mass is 10.1. The van der Waals surface area contributed by atoms with Crippen molar-refractivity contribution in [1.29, 1.82) is 0 Å². The smallest absolute Gasteiger partial charge is 0.0762 e. The van der Waals surface area contributed by atoms with Gasteiger partial charge in [0.25, 0.3) is 0 Å². The molecule has 0 radical (unpaired) electrons. The van der Waals surface area contributed by atoms with E-state index in [0.29, 0.717) is 10.0 Å². The minimum absolute atomic E-state index is 0.439. The molecule has 0 aliphatic heterocycles. The highest BCUT2D eigenvalue weighted by atomic mass is 35.5. The van der Waals surface area contributed by atoms with Crippen LogP contribution in [0.2, 0.25) is 10.0 Å². The Morgan fingerprint density at radius 3 is 2.58 bits per heavy atom. The number of benzene rings is 2. The van der Waals surface area contributed by atoms with Gasteiger partial charge in [-0.25, -0.2) is 0 Å². The third-order valence-corrected chi connectivity index (χ3v) is 4.53. The molecule has 2 aromatic rings. The molecular weight excluding hydrogens is 299 g/mol. The van der Waals surface area contributed by atoms with Crippen molar-refractivity contribution in [2.75, 3.05) is 0 Å². The van der Waals surface area contributed by atoms with Crippen molar-refractivity contribution in [3.63, 3.8) is 0 Å². The molecule has 2 rings (SSSR count). The van der Waals surface area contributed by atoms with E-state index in [1.807, 2.05) is 42.5 Å². The third-order valence-electron chi connectivity index (χ3n) is 2.73. The molecule has 1 nitrogen and oxygen atoms in total. The zero-order valence-corrected chi connectivity index (χ0v) is 12.8. The van der Waals surface area contributed by atoms with Crippen molar-refractivity contribution >= 4 is 35.0 Å². The van der Waals surface area contributed by atoms with E-state index in [4.69, 9.17) is 23.2 Å². The van der Waals surface area contributed by atoms with Crippen molar-refractivity contribution in [2.24, 2.45) is 0 Å². The topological polar surface area (TPSA) is 20.2 Å². The molecule has 0 saturated heterocycles. The maximum Gasteiger partial charge on any atom is 0.0762 e. The molecule has 0 heterocycles. The normalized spacial score (nSPS) is 12.4. The lowest BCUT2D eigenvalue weighted by Gasteiger charge is -2.08. The molecule has 0 saturated carbocycles. The first-order valence-corrected chi connectivity index (χ1v) is 7.65. The van der Waals surface area contributed by atoms with Gasteiger partial charge in [-0.2, -0.15) is 0 Å². The molecule has 19 heavy (non-hydrogen) atoms. The lowest BCUT2D eigenvalue weighted by Crippen LogP contribution is -1.90. The van der Waals surface area contributed by atoms with E-state index < -0.39 is 6.10 Å². The van der Waals surface area contributed by atoms with Gasteiger partial charge in [0.2, 0.25) is 0 Å². The Hall–Kier alpha value is -0.670. The van der Waals surface area contributed by atoms with Gasteiger partial charge in [-0.3, -0.25) is 0 Å². The van der Waals surface area contributed by atoms with Gasteiger partial charge in [0.15, 0.2) is 0 Å². The molecule has 0 aliphatic rings. The Kier molecular flexibility index (Phi) is 5.17. The van der Waals surface area contributed by atoms with Crippen molar-refractivity contribution in [3.8, 4) is 0 Å². The van der Waals surface area contributed by atoms with Crippen molar-refractivity contribution in [1.82, 2.24) is 0 Å². The second kappa shape index (κ2) is 6.67. The Bertz CT molecular complexity index is 570. The van der Waals surface area contributed by atoms with Crippen LogP contribution in [0.3, 0.4) is 0 Å². The summed E-state index contributed by atoms with van der Waals surface area (Å²) >= 11 is 13.6. The molecule has 4 heteroatoms. The van der Waals surface area contributed by atoms with Gasteiger partial charge < -0.3 is 5.11 Å². The number of hydrogen-bond donors (Lipinski definition) is 1. The predicted molar refractivity (Wildman–Crippen MR) is 83.1 cm³/mol. The monoisotopic (exact) mass is 312 g/mol. The van der Waals surface area contributed by atoms with Gasteiger partial charge in [-0.15, -0.1) is 11.8 Å². The average Bonchev–Trinajstić information content (AvgIpc) is 2.40. The molecule has 2 aromatic carbocycles. The largest absolute Gasteiger partial charge is 0.389 e. The SMILES string of the molecule is CC(O)c1cccc(SCc2ccc(Cl)c(Cl)c2)c1. The minimum Gasteiger partial charge on any atom is -0.389 e. The summed E-state index contributed by atoms with van der Waals surface area (Å²) in [4.78, 5) is 1.13. The van der Waals surface area contributed by atoms with Crippen LogP contribution in [0.5, 0.6) is 0 Å². The Morgan fingerprint density at radius 2 is 1.89 bits per heavy atom. The van der Waals surface area contributed by atoms with E-state index in [1.54, 1.807) is 18.7 Å². The maximum absolute atomic E-state index is 9.56. The van der Waals surface area contributed by atoms with E-state index >= 15 is 0 Å². The Labute approximate surface area is 127 Å². The van der Waals surface area contributed by atoms with Crippen molar-refractivity contribution < 1.29 is 5.11 Å². The summed E-state index contributed by atoms with van der Waals surface area (Å²) in [6.45, 7) is 1.77. The number of hydrogen-bond acceptors (Lipinski definition) is 2. The molecular formula is C15H14Cl2OS. The molecule has 100 valence electrons. The summed E-state index contributed by atoms with van der Waals surface area (Å²) in [6.07, 6.45) is -0.439. The van der Waals surface area contributed by atoms with Crippen LogP contribution in [0, 0.1) is 0 Å². The summed E-state index contributed by atoms with van der Waals surface area (Å²) < 4.78 is 0. The standard InChI is InChI=1S/C15H14Cl2OS/c1-10(18)12-3-2-4-13(8-12)19-9-11-5-6-14(16)15(17)7-11/h2-8,10,18H,9H2,1H3. The number of aliphatic hydroxyl groups is 1. The minimum atomic E-state index is -0.439. The van der Waals surface area contributed by atoms with Gasteiger partial charge in [-0.1, -0.05) is 41.4 Å². The Balaban J connectivity index is 2.05. The fourth-order valence-electron chi connectivity index (χ4n) is 1.66. The zero-order valence-electron chi connectivity index (χ0n) is 10.4. The first-order chi connectivity index (χ1) is 9.06. The van der Waals surface area contributed by atoms with Gasteiger partial charge in [-0.05, 0) is 42.3 Å². The lowest BCUT2D eigenvalue weighted by molar-refractivity contribution is 0.199. The van der Waals surface area contributed by atoms with Crippen molar-refractivity contribution in [2.45, 2.75) is 23.7 Å². The Morgan fingerprint density at radius 1 is 1.11 bits per heavy atom.